The van der Waals surface area contributed by atoms with Crippen LogP contribution in [0.2, 0.25) is 0 Å². The van der Waals surface area contributed by atoms with Crippen LogP contribution in [-0.4, -0.2) is 18.1 Å². The van der Waals surface area contributed by atoms with E-state index in [-0.39, 0.29) is 0 Å². The molecule has 1 atom stereocenters. The first-order valence-corrected chi connectivity index (χ1v) is 4.37. The predicted molar refractivity (Wildman–Crippen MR) is 50.5 cm³/mol. The van der Waals surface area contributed by atoms with Crippen LogP contribution in [0.25, 0.3) is 0 Å². The summed E-state index contributed by atoms with van der Waals surface area (Å²) in [6, 6.07) is 2.69. The molecule has 64 valence electrons. The van der Waals surface area contributed by atoms with Gasteiger partial charge in [0.25, 0.3) is 0 Å². The Morgan fingerprint density at radius 2 is 2.33 bits per heavy atom. The highest BCUT2D eigenvalue weighted by atomic mass is 15.2. The van der Waals surface area contributed by atoms with Crippen molar-refractivity contribution in [2.45, 2.75) is 26.3 Å². The molecule has 0 aliphatic carbocycles. The maximum Gasteiger partial charge on any atom is 0.132 e. The number of fused-ring (bicyclic) bond motifs is 1. The Morgan fingerprint density at radius 3 is 3.00 bits per heavy atom. The van der Waals surface area contributed by atoms with Gasteiger partial charge in [0.2, 0.25) is 0 Å². The standard InChI is InChI=1S/C10H14N2/c1-7-4-5-11-10-9(7)6-8(2)12(10)3/h4-5,8H,6H2,1-3H3. The summed E-state index contributed by atoms with van der Waals surface area (Å²) in [6.07, 6.45) is 3.04. The molecule has 1 unspecified atom stereocenters. The van der Waals surface area contributed by atoms with E-state index in [1.807, 2.05) is 6.20 Å². The van der Waals surface area contributed by atoms with Crippen molar-refractivity contribution in [2.75, 3.05) is 11.9 Å². The third-order valence-corrected chi connectivity index (χ3v) is 2.76. The lowest BCUT2D eigenvalue weighted by atomic mass is 10.1. The van der Waals surface area contributed by atoms with Crippen LogP contribution >= 0.6 is 0 Å². The summed E-state index contributed by atoms with van der Waals surface area (Å²) in [7, 11) is 2.11. The van der Waals surface area contributed by atoms with Gasteiger partial charge < -0.3 is 4.90 Å². The number of aromatic nitrogens is 1. The van der Waals surface area contributed by atoms with Crippen LogP contribution in [0.15, 0.2) is 12.3 Å². The molecule has 1 aromatic heterocycles. The monoisotopic (exact) mass is 162 g/mol. The third-order valence-electron chi connectivity index (χ3n) is 2.76. The number of hydrogen-bond acceptors (Lipinski definition) is 2. The van der Waals surface area contributed by atoms with Crippen LogP contribution in [-0.2, 0) is 6.42 Å². The zero-order valence-electron chi connectivity index (χ0n) is 7.83. The fourth-order valence-corrected chi connectivity index (χ4v) is 1.77. The van der Waals surface area contributed by atoms with Gasteiger partial charge in [-0.05, 0) is 37.5 Å². The third kappa shape index (κ3) is 0.909. The molecule has 2 heteroatoms. The molecule has 1 aromatic rings. The van der Waals surface area contributed by atoms with E-state index in [9.17, 15) is 0 Å². The number of aryl methyl sites for hydroxylation is 1. The summed E-state index contributed by atoms with van der Waals surface area (Å²) in [5.74, 6) is 1.17. The minimum absolute atomic E-state index is 0.605. The van der Waals surface area contributed by atoms with Crippen molar-refractivity contribution in [3.8, 4) is 0 Å². The Balaban J connectivity index is 2.53. The minimum atomic E-state index is 0.605. The van der Waals surface area contributed by atoms with Gasteiger partial charge >= 0.3 is 0 Å². The number of anilines is 1. The van der Waals surface area contributed by atoms with Gasteiger partial charge in [-0.2, -0.15) is 0 Å². The van der Waals surface area contributed by atoms with E-state index in [0.29, 0.717) is 6.04 Å². The fourth-order valence-electron chi connectivity index (χ4n) is 1.77. The van der Waals surface area contributed by atoms with Crippen LogP contribution in [0.1, 0.15) is 18.1 Å². The van der Waals surface area contributed by atoms with Gasteiger partial charge in [-0.3, -0.25) is 0 Å². The highest BCUT2D eigenvalue weighted by Gasteiger charge is 2.24. The first-order valence-electron chi connectivity index (χ1n) is 4.37. The molecule has 0 saturated heterocycles. The molecule has 1 aliphatic rings. The number of likely N-dealkylation sites (N-methyl/N-ethyl adjacent to an activating group) is 1. The topological polar surface area (TPSA) is 16.1 Å². The molecular formula is C10H14N2. The Morgan fingerprint density at radius 1 is 1.58 bits per heavy atom. The average Bonchev–Trinajstić information content (AvgIpc) is 2.32. The van der Waals surface area contributed by atoms with Gasteiger partial charge in [-0.15, -0.1) is 0 Å². The van der Waals surface area contributed by atoms with Crippen molar-refractivity contribution in [1.82, 2.24) is 4.98 Å². The molecule has 0 amide bonds. The molecule has 0 fully saturated rings. The zero-order valence-corrected chi connectivity index (χ0v) is 7.83. The quantitative estimate of drug-likeness (QED) is 0.578. The Kier molecular flexibility index (Phi) is 1.56. The number of nitrogens with zero attached hydrogens (tertiary/aromatic N) is 2. The molecule has 2 heterocycles. The normalized spacial score (nSPS) is 21.2. The lowest BCUT2D eigenvalue weighted by Crippen LogP contribution is -2.24. The van der Waals surface area contributed by atoms with E-state index < -0.39 is 0 Å². The molecule has 0 radical (unpaired) electrons. The van der Waals surface area contributed by atoms with Gasteiger partial charge in [0, 0.05) is 19.3 Å². The molecule has 0 saturated carbocycles. The molecular weight excluding hydrogens is 148 g/mol. The van der Waals surface area contributed by atoms with Crippen molar-refractivity contribution in [3.63, 3.8) is 0 Å². The van der Waals surface area contributed by atoms with Gasteiger partial charge in [0.05, 0.1) is 0 Å². The van der Waals surface area contributed by atoms with Gasteiger partial charge in [0.1, 0.15) is 5.82 Å². The smallest absolute Gasteiger partial charge is 0.132 e. The van der Waals surface area contributed by atoms with Gasteiger partial charge in [0.15, 0.2) is 0 Å². The van der Waals surface area contributed by atoms with E-state index in [1.54, 1.807) is 0 Å². The number of hydrogen-bond donors (Lipinski definition) is 0. The predicted octanol–water partition coefficient (Wildman–Crippen LogP) is 1.77. The Hall–Kier alpha value is -1.05. The number of rotatable bonds is 0. The SMILES string of the molecule is Cc1ccnc2c1CC(C)N2C. The maximum absolute atomic E-state index is 4.38. The van der Waals surface area contributed by atoms with E-state index in [2.05, 4.69) is 36.8 Å². The van der Waals surface area contributed by atoms with E-state index in [1.165, 1.54) is 16.9 Å². The van der Waals surface area contributed by atoms with Crippen molar-refractivity contribution in [2.24, 2.45) is 0 Å². The summed E-state index contributed by atoms with van der Waals surface area (Å²) >= 11 is 0. The van der Waals surface area contributed by atoms with Crippen LogP contribution < -0.4 is 4.90 Å². The molecule has 1 aliphatic heterocycles. The van der Waals surface area contributed by atoms with Crippen LogP contribution in [0.5, 0.6) is 0 Å². The molecule has 0 bridgehead atoms. The van der Waals surface area contributed by atoms with E-state index in [0.717, 1.165) is 6.42 Å². The molecule has 2 rings (SSSR count). The molecule has 2 nitrogen and oxygen atoms in total. The molecule has 0 spiro atoms. The highest BCUT2D eigenvalue weighted by Crippen LogP contribution is 2.30. The summed E-state index contributed by atoms with van der Waals surface area (Å²) in [5, 5.41) is 0. The molecule has 12 heavy (non-hydrogen) atoms. The first-order chi connectivity index (χ1) is 5.70. The van der Waals surface area contributed by atoms with Crippen molar-refractivity contribution in [3.05, 3.63) is 23.4 Å². The highest BCUT2D eigenvalue weighted by molar-refractivity contribution is 5.55. The van der Waals surface area contributed by atoms with Crippen molar-refractivity contribution >= 4 is 5.82 Å². The summed E-state index contributed by atoms with van der Waals surface area (Å²) in [5.41, 5.74) is 2.80. The van der Waals surface area contributed by atoms with Crippen LogP contribution in [0, 0.1) is 6.92 Å². The Labute approximate surface area is 73.2 Å². The van der Waals surface area contributed by atoms with Crippen molar-refractivity contribution < 1.29 is 0 Å². The lowest BCUT2D eigenvalue weighted by Gasteiger charge is -2.16. The second kappa shape index (κ2) is 2.47. The molecule has 0 aromatic carbocycles. The summed E-state index contributed by atoms with van der Waals surface area (Å²) < 4.78 is 0. The second-order valence-electron chi connectivity index (χ2n) is 3.59. The van der Waals surface area contributed by atoms with Crippen LogP contribution in [0.4, 0.5) is 5.82 Å². The maximum atomic E-state index is 4.38. The fraction of sp³-hybridized carbons (Fsp3) is 0.500. The lowest BCUT2D eigenvalue weighted by molar-refractivity contribution is 0.727. The van der Waals surface area contributed by atoms with E-state index in [4.69, 9.17) is 0 Å². The van der Waals surface area contributed by atoms with Crippen molar-refractivity contribution in [1.29, 1.82) is 0 Å². The first kappa shape index (κ1) is 7.59. The zero-order chi connectivity index (χ0) is 8.72. The van der Waals surface area contributed by atoms with Gasteiger partial charge in [-0.25, -0.2) is 4.98 Å². The summed E-state index contributed by atoms with van der Waals surface area (Å²) in [6.45, 7) is 4.40. The number of pyridine rings is 1. The Bertz CT molecular complexity index is 307. The van der Waals surface area contributed by atoms with Crippen LogP contribution in [0.3, 0.4) is 0 Å². The van der Waals surface area contributed by atoms with E-state index >= 15 is 0 Å². The molecule has 0 N–H and O–H groups in total. The average molecular weight is 162 g/mol. The largest absolute Gasteiger partial charge is 0.356 e. The summed E-state index contributed by atoms with van der Waals surface area (Å²) in [4.78, 5) is 6.63. The van der Waals surface area contributed by atoms with Gasteiger partial charge in [-0.1, -0.05) is 0 Å². The minimum Gasteiger partial charge on any atom is -0.356 e. The second-order valence-corrected chi connectivity index (χ2v) is 3.59.